The monoisotopic (exact) mass is 246 g/mol. The molecule has 0 aromatic heterocycles. The molecule has 1 N–H and O–H groups in total. The maximum absolute atomic E-state index is 3.21. The van der Waals surface area contributed by atoms with Crippen molar-refractivity contribution in [2.75, 3.05) is 25.0 Å². The van der Waals surface area contributed by atoms with Crippen molar-refractivity contribution in [2.24, 2.45) is 5.92 Å². The van der Waals surface area contributed by atoms with Crippen LogP contribution in [0, 0.1) is 12.8 Å². The Kier molecular flexibility index (Phi) is 4.65. The van der Waals surface area contributed by atoms with Crippen molar-refractivity contribution < 1.29 is 0 Å². The Morgan fingerprint density at radius 1 is 1.33 bits per heavy atom. The van der Waals surface area contributed by atoms with Gasteiger partial charge in [-0.05, 0) is 56.3 Å². The van der Waals surface area contributed by atoms with Crippen LogP contribution in [0.1, 0.15) is 37.3 Å². The van der Waals surface area contributed by atoms with Crippen LogP contribution in [0.2, 0.25) is 0 Å². The molecule has 100 valence electrons. The first-order valence-electron chi connectivity index (χ1n) is 7.23. The second kappa shape index (κ2) is 6.24. The lowest BCUT2D eigenvalue weighted by molar-refractivity contribution is 0.706. The number of rotatable bonds is 7. The highest BCUT2D eigenvalue weighted by atomic mass is 15.1. The average Bonchev–Trinajstić information content (AvgIpc) is 3.13. The Hall–Kier alpha value is -1.02. The predicted molar refractivity (Wildman–Crippen MR) is 79.2 cm³/mol. The zero-order chi connectivity index (χ0) is 13.0. The summed E-state index contributed by atoms with van der Waals surface area (Å²) in [5.74, 6) is 0.952. The van der Waals surface area contributed by atoms with E-state index >= 15 is 0 Å². The van der Waals surface area contributed by atoms with E-state index in [9.17, 15) is 0 Å². The maximum Gasteiger partial charge on any atom is 0.0396 e. The molecule has 0 spiro atoms. The topological polar surface area (TPSA) is 15.3 Å². The number of hydrogen-bond donors (Lipinski definition) is 1. The van der Waals surface area contributed by atoms with E-state index in [0.717, 1.165) is 12.5 Å². The first-order chi connectivity index (χ1) is 8.74. The summed E-state index contributed by atoms with van der Waals surface area (Å²) in [4.78, 5) is 2.58. The zero-order valence-corrected chi connectivity index (χ0v) is 12.0. The minimum atomic E-state index is 0.952. The fourth-order valence-corrected chi connectivity index (χ4v) is 2.58. The quantitative estimate of drug-likeness (QED) is 0.794. The van der Waals surface area contributed by atoms with Crippen LogP contribution < -0.4 is 10.2 Å². The Morgan fingerprint density at radius 2 is 2.11 bits per heavy atom. The lowest BCUT2D eigenvalue weighted by Gasteiger charge is -2.26. The third kappa shape index (κ3) is 3.49. The van der Waals surface area contributed by atoms with Crippen LogP contribution >= 0.6 is 0 Å². The lowest BCUT2D eigenvalue weighted by atomic mass is 10.1. The smallest absolute Gasteiger partial charge is 0.0396 e. The van der Waals surface area contributed by atoms with Gasteiger partial charge in [-0.3, -0.25) is 0 Å². The Labute approximate surface area is 111 Å². The molecule has 2 nitrogen and oxygen atoms in total. The van der Waals surface area contributed by atoms with E-state index in [1.807, 2.05) is 7.05 Å². The van der Waals surface area contributed by atoms with Crippen LogP contribution in [0.25, 0.3) is 0 Å². The van der Waals surface area contributed by atoms with Gasteiger partial charge in [-0.15, -0.1) is 0 Å². The Morgan fingerprint density at radius 3 is 2.67 bits per heavy atom. The van der Waals surface area contributed by atoms with Gasteiger partial charge in [-0.1, -0.05) is 19.1 Å². The van der Waals surface area contributed by atoms with E-state index in [4.69, 9.17) is 0 Å². The van der Waals surface area contributed by atoms with Crippen molar-refractivity contribution in [1.82, 2.24) is 5.32 Å². The highest BCUT2D eigenvalue weighted by Crippen LogP contribution is 2.32. The maximum atomic E-state index is 3.21. The fourth-order valence-electron chi connectivity index (χ4n) is 2.58. The van der Waals surface area contributed by atoms with Crippen LogP contribution in [0.3, 0.4) is 0 Å². The summed E-state index contributed by atoms with van der Waals surface area (Å²) in [5, 5.41) is 3.21. The molecule has 1 aromatic rings. The highest BCUT2D eigenvalue weighted by molar-refractivity contribution is 5.54. The standard InChI is InChI=1S/C16H26N2/c1-4-9-18(12-14-5-6-14)16-8-7-15(11-17-3)10-13(16)2/h7-8,10,14,17H,4-6,9,11-12H2,1-3H3. The minimum absolute atomic E-state index is 0.952. The number of hydrogen-bond acceptors (Lipinski definition) is 2. The van der Waals surface area contributed by atoms with Crippen molar-refractivity contribution in [1.29, 1.82) is 0 Å². The number of nitrogens with one attached hydrogen (secondary N) is 1. The first kappa shape index (κ1) is 13.4. The van der Waals surface area contributed by atoms with Crippen molar-refractivity contribution in [3.8, 4) is 0 Å². The molecule has 0 heterocycles. The van der Waals surface area contributed by atoms with Crippen molar-refractivity contribution in [2.45, 2.75) is 39.7 Å². The first-order valence-corrected chi connectivity index (χ1v) is 7.23. The summed E-state index contributed by atoms with van der Waals surface area (Å²) < 4.78 is 0. The largest absolute Gasteiger partial charge is 0.371 e. The normalized spacial score (nSPS) is 14.8. The van der Waals surface area contributed by atoms with Crippen LogP contribution in [0.15, 0.2) is 18.2 Å². The molecule has 0 bridgehead atoms. The van der Waals surface area contributed by atoms with Gasteiger partial charge in [0.1, 0.15) is 0 Å². The average molecular weight is 246 g/mol. The fraction of sp³-hybridized carbons (Fsp3) is 0.625. The summed E-state index contributed by atoms with van der Waals surface area (Å²) in [5.41, 5.74) is 4.22. The molecule has 1 aliphatic carbocycles. The van der Waals surface area contributed by atoms with Gasteiger partial charge < -0.3 is 10.2 Å². The Balaban J connectivity index is 2.12. The molecular weight excluding hydrogens is 220 g/mol. The third-order valence-corrected chi connectivity index (χ3v) is 3.65. The number of anilines is 1. The highest BCUT2D eigenvalue weighted by Gasteiger charge is 2.24. The molecule has 0 aliphatic heterocycles. The van der Waals surface area contributed by atoms with Crippen LogP contribution in [0.4, 0.5) is 5.69 Å². The molecule has 18 heavy (non-hydrogen) atoms. The van der Waals surface area contributed by atoms with Crippen molar-refractivity contribution in [3.05, 3.63) is 29.3 Å². The number of aryl methyl sites for hydroxylation is 1. The molecule has 2 heteroatoms. The van der Waals surface area contributed by atoms with Gasteiger partial charge in [0.05, 0.1) is 0 Å². The summed E-state index contributed by atoms with van der Waals surface area (Å²) in [6.45, 7) is 7.90. The van der Waals surface area contributed by atoms with E-state index in [1.165, 1.54) is 49.2 Å². The summed E-state index contributed by atoms with van der Waals surface area (Å²) in [6, 6.07) is 6.88. The van der Waals surface area contributed by atoms with E-state index in [2.05, 4.69) is 42.3 Å². The molecule has 0 amide bonds. The van der Waals surface area contributed by atoms with Crippen molar-refractivity contribution >= 4 is 5.69 Å². The van der Waals surface area contributed by atoms with E-state index in [-0.39, 0.29) is 0 Å². The van der Waals surface area contributed by atoms with E-state index in [1.54, 1.807) is 0 Å². The minimum Gasteiger partial charge on any atom is -0.371 e. The number of nitrogens with zero attached hydrogens (tertiary/aromatic N) is 1. The van der Waals surface area contributed by atoms with Gasteiger partial charge in [-0.2, -0.15) is 0 Å². The molecule has 1 aromatic carbocycles. The molecule has 0 radical (unpaired) electrons. The third-order valence-electron chi connectivity index (χ3n) is 3.65. The van der Waals surface area contributed by atoms with Gasteiger partial charge in [0.2, 0.25) is 0 Å². The molecule has 2 rings (SSSR count). The van der Waals surface area contributed by atoms with Gasteiger partial charge in [0.15, 0.2) is 0 Å². The van der Waals surface area contributed by atoms with Gasteiger partial charge >= 0.3 is 0 Å². The van der Waals surface area contributed by atoms with Gasteiger partial charge in [0.25, 0.3) is 0 Å². The van der Waals surface area contributed by atoms with Crippen LogP contribution in [-0.4, -0.2) is 20.1 Å². The van der Waals surface area contributed by atoms with Crippen LogP contribution in [-0.2, 0) is 6.54 Å². The Bertz CT molecular complexity index is 383. The van der Waals surface area contributed by atoms with Crippen molar-refractivity contribution in [3.63, 3.8) is 0 Å². The second-order valence-corrected chi connectivity index (χ2v) is 5.54. The second-order valence-electron chi connectivity index (χ2n) is 5.54. The molecule has 1 saturated carbocycles. The summed E-state index contributed by atoms with van der Waals surface area (Å²) >= 11 is 0. The molecular formula is C16H26N2. The molecule has 0 saturated heterocycles. The lowest BCUT2D eigenvalue weighted by Crippen LogP contribution is -2.27. The van der Waals surface area contributed by atoms with E-state index in [0.29, 0.717) is 0 Å². The summed E-state index contributed by atoms with van der Waals surface area (Å²) in [6.07, 6.45) is 4.08. The number of benzene rings is 1. The predicted octanol–water partition coefficient (Wildman–Crippen LogP) is 3.34. The van der Waals surface area contributed by atoms with Gasteiger partial charge in [-0.25, -0.2) is 0 Å². The molecule has 0 atom stereocenters. The summed E-state index contributed by atoms with van der Waals surface area (Å²) in [7, 11) is 2.00. The zero-order valence-electron chi connectivity index (χ0n) is 12.0. The van der Waals surface area contributed by atoms with Gasteiger partial charge in [0, 0.05) is 25.3 Å². The molecule has 1 aliphatic rings. The molecule has 0 unspecified atom stereocenters. The molecule has 1 fully saturated rings. The van der Waals surface area contributed by atoms with Crippen LogP contribution in [0.5, 0.6) is 0 Å². The SMILES string of the molecule is CCCN(CC1CC1)c1ccc(CNC)cc1C. The van der Waals surface area contributed by atoms with E-state index < -0.39 is 0 Å².